The Morgan fingerprint density at radius 2 is 1.55 bits per heavy atom. The highest BCUT2D eigenvalue weighted by Gasteiger charge is 2.04. The van der Waals surface area contributed by atoms with Gasteiger partial charge in [-0.3, -0.25) is 0 Å². The lowest BCUT2D eigenvalue weighted by atomic mass is 10.2. The summed E-state index contributed by atoms with van der Waals surface area (Å²) < 4.78 is 10.9. The lowest BCUT2D eigenvalue weighted by Crippen LogP contribution is -1.84. The number of aromatic hydroxyl groups is 1. The van der Waals surface area contributed by atoms with Gasteiger partial charge in [-0.15, -0.1) is 0 Å². The van der Waals surface area contributed by atoms with Crippen molar-refractivity contribution in [3.8, 4) is 28.5 Å². The van der Waals surface area contributed by atoms with Gasteiger partial charge in [0.1, 0.15) is 29.2 Å². The lowest BCUT2D eigenvalue weighted by molar-refractivity contribution is 0.464. The van der Waals surface area contributed by atoms with Crippen LogP contribution in [0, 0.1) is 6.92 Å². The quantitative estimate of drug-likeness (QED) is 0.774. The van der Waals surface area contributed by atoms with E-state index in [0.29, 0.717) is 11.6 Å². The van der Waals surface area contributed by atoms with E-state index in [0.717, 1.165) is 17.0 Å². The van der Waals surface area contributed by atoms with E-state index in [9.17, 15) is 5.11 Å². The van der Waals surface area contributed by atoms with Crippen molar-refractivity contribution >= 4 is 0 Å². The minimum absolute atomic E-state index is 0.217. The Morgan fingerprint density at radius 1 is 0.950 bits per heavy atom. The predicted octanol–water partition coefficient (Wildman–Crippen LogP) is 4.15. The third-order valence-corrected chi connectivity index (χ3v) is 2.84. The zero-order valence-corrected chi connectivity index (χ0v) is 10.9. The van der Waals surface area contributed by atoms with Crippen molar-refractivity contribution in [1.29, 1.82) is 0 Å². The SMILES string of the molecule is Cc1nc(-c2ccc(Oc3ccc(O)cc3)cc2)co1. The van der Waals surface area contributed by atoms with Crippen LogP contribution in [-0.4, -0.2) is 10.1 Å². The second-order valence-corrected chi connectivity index (χ2v) is 4.37. The molecule has 0 unspecified atom stereocenters. The molecule has 1 aromatic heterocycles. The number of nitrogens with zero attached hydrogens (tertiary/aromatic N) is 1. The summed E-state index contributed by atoms with van der Waals surface area (Å²) in [5, 5.41) is 9.22. The molecule has 20 heavy (non-hydrogen) atoms. The third-order valence-electron chi connectivity index (χ3n) is 2.84. The number of aryl methyl sites for hydroxylation is 1. The Bertz CT molecular complexity index is 699. The number of hydrogen-bond donors (Lipinski definition) is 1. The minimum Gasteiger partial charge on any atom is -0.508 e. The van der Waals surface area contributed by atoms with E-state index in [1.54, 1.807) is 30.5 Å². The molecule has 4 nitrogen and oxygen atoms in total. The van der Waals surface area contributed by atoms with Crippen LogP contribution in [0.4, 0.5) is 0 Å². The molecule has 0 atom stereocenters. The highest BCUT2D eigenvalue weighted by molar-refractivity contribution is 5.59. The Balaban J connectivity index is 1.77. The number of phenols is 1. The molecule has 0 aliphatic heterocycles. The van der Waals surface area contributed by atoms with E-state index < -0.39 is 0 Å². The van der Waals surface area contributed by atoms with Crippen LogP contribution in [0.2, 0.25) is 0 Å². The molecule has 2 aromatic carbocycles. The fourth-order valence-corrected chi connectivity index (χ4v) is 1.84. The molecule has 0 bridgehead atoms. The average molecular weight is 267 g/mol. The van der Waals surface area contributed by atoms with Crippen LogP contribution in [0.25, 0.3) is 11.3 Å². The molecular weight excluding hydrogens is 254 g/mol. The van der Waals surface area contributed by atoms with E-state index in [1.165, 1.54) is 0 Å². The van der Waals surface area contributed by atoms with Gasteiger partial charge in [-0.05, 0) is 48.5 Å². The molecule has 4 heteroatoms. The molecule has 0 aliphatic carbocycles. The lowest BCUT2D eigenvalue weighted by Gasteiger charge is -2.06. The number of hydrogen-bond acceptors (Lipinski definition) is 4. The molecule has 0 amide bonds. The number of ether oxygens (including phenoxy) is 1. The molecule has 100 valence electrons. The van der Waals surface area contributed by atoms with Gasteiger partial charge >= 0.3 is 0 Å². The number of oxazole rings is 1. The first-order valence-corrected chi connectivity index (χ1v) is 6.20. The highest BCUT2D eigenvalue weighted by Crippen LogP contribution is 2.26. The molecule has 3 rings (SSSR count). The van der Waals surface area contributed by atoms with Gasteiger partial charge in [0.2, 0.25) is 0 Å². The van der Waals surface area contributed by atoms with Crippen molar-refractivity contribution in [3.05, 3.63) is 60.7 Å². The third kappa shape index (κ3) is 2.64. The smallest absolute Gasteiger partial charge is 0.191 e. The maximum absolute atomic E-state index is 9.22. The maximum atomic E-state index is 9.22. The van der Waals surface area contributed by atoms with Gasteiger partial charge in [-0.1, -0.05) is 0 Å². The Labute approximate surface area is 116 Å². The number of aromatic nitrogens is 1. The minimum atomic E-state index is 0.217. The van der Waals surface area contributed by atoms with Crippen LogP contribution >= 0.6 is 0 Å². The van der Waals surface area contributed by atoms with Gasteiger partial charge in [-0.25, -0.2) is 4.98 Å². The van der Waals surface area contributed by atoms with Gasteiger partial charge in [0.05, 0.1) is 0 Å². The van der Waals surface area contributed by atoms with Crippen molar-refractivity contribution in [3.63, 3.8) is 0 Å². The van der Waals surface area contributed by atoms with Crippen LogP contribution in [0.3, 0.4) is 0 Å². The van der Waals surface area contributed by atoms with E-state index in [4.69, 9.17) is 9.15 Å². The summed E-state index contributed by atoms with van der Waals surface area (Å²) >= 11 is 0. The highest BCUT2D eigenvalue weighted by atomic mass is 16.5. The summed E-state index contributed by atoms with van der Waals surface area (Å²) in [6, 6.07) is 14.2. The first kappa shape index (κ1) is 12.3. The van der Waals surface area contributed by atoms with Crippen molar-refractivity contribution in [1.82, 2.24) is 4.98 Å². The molecule has 0 fully saturated rings. The van der Waals surface area contributed by atoms with Crippen molar-refractivity contribution in [2.24, 2.45) is 0 Å². The fraction of sp³-hybridized carbons (Fsp3) is 0.0625. The van der Waals surface area contributed by atoms with Crippen molar-refractivity contribution in [2.75, 3.05) is 0 Å². The second kappa shape index (κ2) is 5.09. The van der Waals surface area contributed by atoms with Crippen LogP contribution < -0.4 is 4.74 Å². The van der Waals surface area contributed by atoms with Crippen LogP contribution in [0.5, 0.6) is 17.2 Å². The average Bonchev–Trinajstić information content (AvgIpc) is 2.89. The summed E-state index contributed by atoms with van der Waals surface area (Å²) in [5.41, 5.74) is 1.78. The first-order valence-electron chi connectivity index (χ1n) is 6.20. The molecule has 0 spiro atoms. The molecule has 0 radical (unpaired) electrons. The van der Waals surface area contributed by atoms with Gasteiger partial charge in [0.25, 0.3) is 0 Å². The van der Waals surface area contributed by atoms with Crippen molar-refractivity contribution < 1.29 is 14.3 Å². The normalized spacial score (nSPS) is 10.4. The van der Waals surface area contributed by atoms with Crippen LogP contribution in [0.1, 0.15) is 5.89 Å². The summed E-state index contributed by atoms with van der Waals surface area (Å²) in [4.78, 5) is 4.27. The van der Waals surface area contributed by atoms with Gasteiger partial charge < -0.3 is 14.3 Å². The number of rotatable bonds is 3. The summed E-state index contributed by atoms with van der Waals surface area (Å²) in [6.07, 6.45) is 1.63. The number of phenolic OH excluding ortho intramolecular Hbond substituents is 1. The van der Waals surface area contributed by atoms with E-state index in [1.807, 2.05) is 31.2 Å². The number of benzene rings is 2. The molecule has 1 heterocycles. The van der Waals surface area contributed by atoms with Crippen LogP contribution in [-0.2, 0) is 0 Å². The maximum Gasteiger partial charge on any atom is 0.191 e. The monoisotopic (exact) mass is 267 g/mol. The van der Waals surface area contributed by atoms with E-state index in [2.05, 4.69) is 4.98 Å². The second-order valence-electron chi connectivity index (χ2n) is 4.37. The molecule has 0 aliphatic rings. The van der Waals surface area contributed by atoms with Gasteiger partial charge in [0, 0.05) is 12.5 Å². The summed E-state index contributed by atoms with van der Waals surface area (Å²) in [6.45, 7) is 1.81. The Kier molecular flexibility index (Phi) is 3.13. The largest absolute Gasteiger partial charge is 0.508 e. The van der Waals surface area contributed by atoms with Gasteiger partial charge in [-0.2, -0.15) is 0 Å². The Hall–Kier alpha value is -2.75. The Morgan fingerprint density at radius 3 is 2.10 bits per heavy atom. The standard InChI is InChI=1S/C16H13NO3/c1-11-17-16(10-19-11)12-2-6-14(7-3-12)20-15-8-4-13(18)5-9-15/h2-10,18H,1H3. The predicted molar refractivity (Wildman–Crippen MR) is 74.9 cm³/mol. The molecule has 3 aromatic rings. The molecule has 1 N–H and O–H groups in total. The topological polar surface area (TPSA) is 55.5 Å². The zero-order chi connectivity index (χ0) is 13.9. The summed E-state index contributed by atoms with van der Waals surface area (Å²) in [7, 11) is 0. The van der Waals surface area contributed by atoms with Gasteiger partial charge in [0.15, 0.2) is 5.89 Å². The van der Waals surface area contributed by atoms with Crippen LogP contribution in [0.15, 0.2) is 59.2 Å². The molecule has 0 saturated carbocycles. The van der Waals surface area contributed by atoms with E-state index >= 15 is 0 Å². The fourth-order valence-electron chi connectivity index (χ4n) is 1.84. The first-order chi connectivity index (χ1) is 9.70. The van der Waals surface area contributed by atoms with E-state index in [-0.39, 0.29) is 5.75 Å². The van der Waals surface area contributed by atoms with Crippen molar-refractivity contribution in [2.45, 2.75) is 6.92 Å². The zero-order valence-electron chi connectivity index (χ0n) is 10.9. The molecular formula is C16H13NO3. The molecule has 0 saturated heterocycles. The summed E-state index contributed by atoms with van der Waals surface area (Å²) in [5.74, 6) is 2.26.